The van der Waals surface area contributed by atoms with Crippen LogP contribution in [0.25, 0.3) is 11.1 Å². The molecule has 9 heteroatoms. The Bertz CT molecular complexity index is 994. The summed E-state index contributed by atoms with van der Waals surface area (Å²) in [6.07, 6.45) is 1.34. The molecule has 0 aliphatic heterocycles. The van der Waals surface area contributed by atoms with Gasteiger partial charge >= 0.3 is 4.59 Å². The molecule has 140 valence electrons. The third kappa shape index (κ3) is 4.55. The van der Waals surface area contributed by atoms with E-state index in [1.54, 1.807) is 42.5 Å². The van der Waals surface area contributed by atoms with E-state index in [9.17, 15) is 9.18 Å². The predicted molar refractivity (Wildman–Crippen MR) is 108 cm³/mol. The van der Waals surface area contributed by atoms with E-state index in [4.69, 9.17) is 46.4 Å². The number of amides is 1. The molecule has 0 saturated carbocycles. The van der Waals surface area contributed by atoms with Gasteiger partial charge in [0.15, 0.2) is 0 Å². The lowest BCUT2D eigenvalue weighted by Crippen LogP contribution is -2.17. The zero-order valence-electron chi connectivity index (χ0n) is 13.8. The van der Waals surface area contributed by atoms with Crippen molar-refractivity contribution in [1.29, 1.82) is 0 Å². The number of halogens is 5. The number of hydrogen-bond acceptors (Lipinski definition) is 2. The molecule has 0 unspecified atom stereocenters. The summed E-state index contributed by atoms with van der Waals surface area (Å²) in [5.41, 5.74) is 1.41. The van der Waals surface area contributed by atoms with Crippen molar-refractivity contribution >= 4 is 58.0 Å². The number of aromatic nitrogens is 2. The summed E-state index contributed by atoms with van der Waals surface area (Å²) in [6.45, 7) is 0. The number of alkyl halides is 3. The second kappa shape index (κ2) is 7.68. The second-order valence-corrected chi connectivity index (χ2v) is 7.83. The van der Waals surface area contributed by atoms with E-state index in [1.807, 2.05) is 0 Å². The summed E-state index contributed by atoms with van der Waals surface area (Å²) in [4.78, 5) is 12.7. The topological polar surface area (TPSA) is 46.9 Å². The summed E-state index contributed by atoms with van der Waals surface area (Å²) >= 11 is 23.1. The Balaban J connectivity index is 1.99. The zero-order valence-corrected chi connectivity index (χ0v) is 16.8. The Morgan fingerprint density at radius 1 is 1.15 bits per heavy atom. The lowest BCUT2D eigenvalue weighted by molar-refractivity contribution is 0.102. The number of benzene rings is 2. The predicted octanol–water partition coefficient (Wildman–Crippen LogP) is 6.20. The molecule has 0 saturated heterocycles. The maximum Gasteiger partial charge on any atom is 0.302 e. The van der Waals surface area contributed by atoms with E-state index in [0.717, 1.165) is 0 Å². The summed E-state index contributed by atoms with van der Waals surface area (Å²) in [5, 5.41) is 7.47. The highest BCUT2D eigenvalue weighted by Gasteiger charge is 2.34. The van der Waals surface area contributed by atoms with Crippen LogP contribution < -0.4 is 5.32 Å². The van der Waals surface area contributed by atoms with Crippen LogP contribution in [-0.2, 0) is 11.6 Å². The molecule has 0 radical (unpaired) electrons. The van der Waals surface area contributed by atoms with E-state index in [2.05, 4.69) is 10.4 Å². The molecule has 3 aromatic rings. The first-order valence-electron chi connectivity index (χ1n) is 7.63. The first-order valence-corrected chi connectivity index (χ1v) is 9.14. The highest BCUT2D eigenvalue weighted by molar-refractivity contribution is 6.47. The van der Waals surface area contributed by atoms with Crippen molar-refractivity contribution in [2.75, 3.05) is 5.32 Å². The van der Waals surface area contributed by atoms with Gasteiger partial charge in [-0.25, -0.2) is 4.39 Å². The van der Waals surface area contributed by atoms with Gasteiger partial charge in [-0.3, -0.25) is 9.48 Å². The SMILES string of the molecule is Cn1cc(C(=O)Nc2ccccc2-c2cc(Cl)cc(Cl)c2)c(C(F)(Cl)Cl)n1. The first kappa shape index (κ1) is 20.0. The number of carbonyl (C=O) groups excluding carboxylic acids is 1. The van der Waals surface area contributed by atoms with E-state index < -0.39 is 10.5 Å². The van der Waals surface area contributed by atoms with Crippen molar-refractivity contribution < 1.29 is 9.18 Å². The lowest BCUT2D eigenvalue weighted by Gasteiger charge is -2.13. The van der Waals surface area contributed by atoms with Crippen LogP contribution in [-0.4, -0.2) is 15.7 Å². The van der Waals surface area contributed by atoms with Crippen LogP contribution in [0.5, 0.6) is 0 Å². The molecular weight excluding hydrogens is 435 g/mol. The number of aryl methyl sites for hydroxylation is 1. The fraction of sp³-hybridized carbons (Fsp3) is 0.111. The fourth-order valence-electron chi connectivity index (χ4n) is 2.61. The fourth-order valence-corrected chi connectivity index (χ4v) is 3.41. The largest absolute Gasteiger partial charge is 0.321 e. The Kier molecular flexibility index (Phi) is 5.68. The quantitative estimate of drug-likeness (QED) is 0.484. The maximum absolute atomic E-state index is 14.0. The van der Waals surface area contributed by atoms with Crippen molar-refractivity contribution in [3.05, 3.63) is 70.0 Å². The van der Waals surface area contributed by atoms with Gasteiger partial charge in [0.2, 0.25) is 0 Å². The minimum absolute atomic E-state index is 0.0797. The Morgan fingerprint density at radius 2 is 1.78 bits per heavy atom. The minimum Gasteiger partial charge on any atom is -0.321 e. The van der Waals surface area contributed by atoms with Crippen molar-refractivity contribution in [3.8, 4) is 11.1 Å². The van der Waals surface area contributed by atoms with Gasteiger partial charge in [-0.2, -0.15) is 5.10 Å². The number of nitrogens with one attached hydrogen (secondary N) is 1. The molecule has 0 aliphatic rings. The standard InChI is InChI=1S/C18H12Cl4FN3O/c1-26-9-14(16(25-26)18(21,22)23)17(27)24-15-5-3-2-4-13(15)10-6-11(19)8-12(20)7-10/h2-9H,1H3,(H,24,27). The third-order valence-corrected chi connectivity index (χ3v) is 4.49. The van der Waals surface area contributed by atoms with Gasteiger partial charge in [-0.1, -0.05) is 64.6 Å². The molecule has 0 atom stereocenters. The van der Waals surface area contributed by atoms with Gasteiger partial charge in [-0.05, 0) is 29.8 Å². The number of nitrogens with zero attached hydrogens (tertiary/aromatic N) is 2. The van der Waals surface area contributed by atoms with Gasteiger partial charge in [-0.15, -0.1) is 0 Å². The van der Waals surface area contributed by atoms with Crippen LogP contribution >= 0.6 is 46.4 Å². The summed E-state index contributed by atoms with van der Waals surface area (Å²) in [6, 6.07) is 12.1. The summed E-state index contributed by atoms with van der Waals surface area (Å²) in [5.74, 6) is -0.609. The molecular formula is C18H12Cl4FN3O. The summed E-state index contributed by atoms with van der Waals surface area (Å²) < 4.78 is 12.4. The van der Waals surface area contributed by atoms with Gasteiger partial charge in [0, 0.05) is 34.5 Å². The van der Waals surface area contributed by atoms with Crippen molar-refractivity contribution in [1.82, 2.24) is 9.78 Å². The number of rotatable bonds is 4. The monoisotopic (exact) mass is 445 g/mol. The molecule has 1 aromatic heterocycles. The number of carbonyl (C=O) groups is 1. The van der Waals surface area contributed by atoms with Gasteiger partial charge < -0.3 is 5.32 Å². The van der Waals surface area contributed by atoms with Crippen LogP contribution in [0.1, 0.15) is 16.1 Å². The smallest absolute Gasteiger partial charge is 0.302 e. The number of para-hydroxylation sites is 1. The molecule has 2 aromatic carbocycles. The third-order valence-electron chi connectivity index (χ3n) is 3.69. The molecule has 4 nitrogen and oxygen atoms in total. The molecule has 3 rings (SSSR count). The van der Waals surface area contributed by atoms with E-state index in [1.165, 1.54) is 17.9 Å². The first-order chi connectivity index (χ1) is 12.6. The Hall–Kier alpha value is -1.79. The van der Waals surface area contributed by atoms with Gasteiger partial charge in [0.1, 0.15) is 5.69 Å². The number of anilines is 1. The molecule has 1 amide bonds. The van der Waals surface area contributed by atoms with E-state index in [0.29, 0.717) is 26.9 Å². The van der Waals surface area contributed by atoms with Crippen molar-refractivity contribution in [2.45, 2.75) is 4.59 Å². The molecule has 0 bridgehead atoms. The van der Waals surface area contributed by atoms with Crippen LogP contribution in [0.15, 0.2) is 48.7 Å². The Morgan fingerprint density at radius 3 is 2.41 bits per heavy atom. The molecule has 1 heterocycles. The van der Waals surface area contributed by atoms with Crippen LogP contribution in [0.4, 0.5) is 10.1 Å². The van der Waals surface area contributed by atoms with E-state index >= 15 is 0 Å². The van der Waals surface area contributed by atoms with Gasteiger partial charge in [0.05, 0.1) is 5.56 Å². The molecule has 1 N–H and O–H groups in total. The average molecular weight is 447 g/mol. The highest BCUT2D eigenvalue weighted by atomic mass is 35.5. The molecule has 27 heavy (non-hydrogen) atoms. The zero-order chi connectivity index (χ0) is 19.8. The highest BCUT2D eigenvalue weighted by Crippen LogP contribution is 2.37. The lowest BCUT2D eigenvalue weighted by atomic mass is 10.0. The minimum atomic E-state index is -2.80. The normalized spacial score (nSPS) is 11.5. The van der Waals surface area contributed by atoms with Gasteiger partial charge in [0.25, 0.3) is 5.91 Å². The van der Waals surface area contributed by atoms with Crippen LogP contribution in [0.3, 0.4) is 0 Å². The van der Waals surface area contributed by atoms with E-state index in [-0.39, 0.29) is 11.3 Å². The average Bonchev–Trinajstić information content (AvgIpc) is 2.97. The second-order valence-electron chi connectivity index (χ2n) is 5.72. The van der Waals surface area contributed by atoms with Crippen molar-refractivity contribution in [2.24, 2.45) is 7.05 Å². The molecule has 0 fully saturated rings. The van der Waals surface area contributed by atoms with Crippen LogP contribution in [0.2, 0.25) is 10.0 Å². The molecule has 0 aliphatic carbocycles. The number of hydrogen-bond donors (Lipinski definition) is 1. The maximum atomic E-state index is 14.0. The summed E-state index contributed by atoms with van der Waals surface area (Å²) in [7, 11) is 1.53. The molecule has 0 spiro atoms. The van der Waals surface area contributed by atoms with Crippen LogP contribution in [0, 0.1) is 0 Å². The Labute approximate surface area is 174 Å². The van der Waals surface area contributed by atoms with Crippen molar-refractivity contribution in [3.63, 3.8) is 0 Å².